The van der Waals surface area contributed by atoms with E-state index in [9.17, 15) is 4.21 Å². The van der Waals surface area contributed by atoms with Gasteiger partial charge in [0.15, 0.2) is 0 Å². The fraction of sp³-hybridized carbons (Fsp3) is 0.286. The first kappa shape index (κ1) is 14.9. The van der Waals surface area contributed by atoms with Crippen LogP contribution in [-0.2, 0) is 11.0 Å². The molecule has 1 atom stereocenters. The third kappa shape index (κ3) is 3.77. The normalized spacial score (nSPS) is 13.8. The zero-order chi connectivity index (χ0) is 14.8. The van der Waals surface area contributed by atoms with Crippen molar-refractivity contribution in [2.75, 3.05) is 0 Å². The standard InChI is InChI=1S/C14H16ClN3OS/c1-14(2,3)20(19)17-8-12-9-18(10-16-12)13-6-4-11(15)5-7-13/h4-10H,1-3H3/b17-8-/t20-/m1/s1. The van der Waals surface area contributed by atoms with E-state index in [0.29, 0.717) is 10.7 Å². The lowest BCUT2D eigenvalue weighted by molar-refractivity contribution is 0.651. The van der Waals surface area contributed by atoms with Gasteiger partial charge in [-0.25, -0.2) is 9.19 Å². The summed E-state index contributed by atoms with van der Waals surface area (Å²) < 4.78 is 17.3. The van der Waals surface area contributed by atoms with Crippen molar-refractivity contribution in [1.29, 1.82) is 0 Å². The Morgan fingerprint density at radius 2 is 1.95 bits per heavy atom. The number of imidazole rings is 1. The van der Waals surface area contributed by atoms with E-state index >= 15 is 0 Å². The number of halogens is 1. The third-order valence-electron chi connectivity index (χ3n) is 2.53. The molecule has 2 aromatic rings. The van der Waals surface area contributed by atoms with E-state index in [4.69, 9.17) is 11.6 Å². The van der Waals surface area contributed by atoms with Gasteiger partial charge in [0.25, 0.3) is 0 Å². The van der Waals surface area contributed by atoms with E-state index in [1.165, 1.54) is 6.21 Å². The fourth-order valence-electron chi connectivity index (χ4n) is 1.42. The molecule has 0 aliphatic carbocycles. The number of nitrogens with zero attached hydrogens (tertiary/aromatic N) is 3. The third-order valence-corrected chi connectivity index (χ3v) is 4.13. The van der Waals surface area contributed by atoms with Crippen LogP contribution < -0.4 is 0 Å². The van der Waals surface area contributed by atoms with E-state index < -0.39 is 11.0 Å². The Labute approximate surface area is 126 Å². The molecular weight excluding hydrogens is 294 g/mol. The van der Waals surface area contributed by atoms with Crippen LogP contribution >= 0.6 is 11.6 Å². The largest absolute Gasteiger partial charge is 0.306 e. The van der Waals surface area contributed by atoms with Gasteiger partial charge in [-0.2, -0.15) is 4.40 Å². The monoisotopic (exact) mass is 309 g/mol. The lowest BCUT2D eigenvalue weighted by Gasteiger charge is -2.12. The quantitative estimate of drug-likeness (QED) is 0.816. The summed E-state index contributed by atoms with van der Waals surface area (Å²) >= 11 is 5.85. The molecule has 0 spiro atoms. The lowest BCUT2D eigenvalue weighted by Crippen LogP contribution is -2.19. The minimum atomic E-state index is -1.27. The lowest BCUT2D eigenvalue weighted by atomic mass is 10.3. The molecule has 1 heterocycles. The molecule has 0 N–H and O–H groups in total. The average molecular weight is 310 g/mol. The molecule has 0 amide bonds. The molecule has 0 saturated carbocycles. The first-order chi connectivity index (χ1) is 9.36. The van der Waals surface area contributed by atoms with E-state index in [0.717, 1.165) is 5.69 Å². The van der Waals surface area contributed by atoms with Gasteiger partial charge in [-0.15, -0.1) is 0 Å². The number of hydrogen-bond donors (Lipinski definition) is 0. The summed E-state index contributed by atoms with van der Waals surface area (Å²) in [4.78, 5) is 4.22. The predicted molar refractivity (Wildman–Crippen MR) is 84.1 cm³/mol. The summed E-state index contributed by atoms with van der Waals surface area (Å²) in [5.74, 6) is 0. The van der Waals surface area contributed by atoms with Crippen molar-refractivity contribution in [3.63, 3.8) is 0 Å². The molecule has 20 heavy (non-hydrogen) atoms. The highest BCUT2D eigenvalue weighted by Gasteiger charge is 2.18. The maximum Gasteiger partial charge on any atom is 0.144 e. The maximum absolute atomic E-state index is 11.8. The van der Waals surface area contributed by atoms with Gasteiger partial charge in [0.05, 0.1) is 17.3 Å². The second-order valence-electron chi connectivity index (χ2n) is 5.28. The molecule has 0 aliphatic rings. The van der Waals surface area contributed by atoms with Gasteiger partial charge in [-0.1, -0.05) is 11.6 Å². The summed E-state index contributed by atoms with van der Waals surface area (Å²) in [6.07, 6.45) is 5.05. The van der Waals surface area contributed by atoms with Gasteiger partial charge < -0.3 is 4.57 Å². The van der Waals surface area contributed by atoms with Crippen LogP contribution in [0.2, 0.25) is 5.02 Å². The van der Waals surface area contributed by atoms with E-state index in [1.54, 1.807) is 6.33 Å². The molecule has 2 rings (SSSR count). The molecule has 0 radical (unpaired) electrons. The summed E-state index contributed by atoms with van der Waals surface area (Å²) in [5, 5.41) is 0.691. The van der Waals surface area contributed by atoms with Crippen LogP contribution in [0.15, 0.2) is 41.2 Å². The number of rotatable bonds is 3. The number of benzene rings is 1. The molecule has 0 bridgehead atoms. The maximum atomic E-state index is 11.8. The molecule has 0 fully saturated rings. The van der Waals surface area contributed by atoms with Crippen LogP contribution in [0.25, 0.3) is 5.69 Å². The highest BCUT2D eigenvalue weighted by Crippen LogP contribution is 2.14. The van der Waals surface area contributed by atoms with Crippen LogP contribution in [-0.4, -0.2) is 24.7 Å². The van der Waals surface area contributed by atoms with Crippen molar-refractivity contribution in [1.82, 2.24) is 9.55 Å². The second kappa shape index (κ2) is 5.89. The van der Waals surface area contributed by atoms with E-state index in [1.807, 2.05) is 55.8 Å². The van der Waals surface area contributed by atoms with Crippen molar-refractivity contribution >= 4 is 28.8 Å². The first-order valence-electron chi connectivity index (χ1n) is 6.12. The number of aromatic nitrogens is 2. The van der Waals surface area contributed by atoms with Gasteiger partial charge >= 0.3 is 0 Å². The Morgan fingerprint density at radius 3 is 2.55 bits per heavy atom. The first-order valence-corrected chi connectivity index (χ1v) is 7.61. The summed E-state index contributed by atoms with van der Waals surface area (Å²) in [6.45, 7) is 5.65. The van der Waals surface area contributed by atoms with Crippen LogP contribution in [0.4, 0.5) is 0 Å². The molecule has 1 aromatic heterocycles. The topological polar surface area (TPSA) is 47.2 Å². The van der Waals surface area contributed by atoms with Crippen molar-refractivity contribution in [2.24, 2.45) is 4.40 Å². The minimum Gasteiger partial charge on any atom is -0.306 e. The van der Waals surface area contributed by atoms with Crippen molar-refractivity contribution in [3.05, 3.63) is 47.5 Å². The molecule has 106 valence electrons. The van der Waals surface area contributed by atoms with Crippen molar-refractivity contribution in [2.45, 2.75) is 25.5 Å². The van der Waals surface area contributed by atoms with Gasteiger partial charge in [0.1, 0.15) is 16.7 Å². The zero-order valence-electron chi connectivity index (χ0n) is 11.6. The Bertz CT molecular complexity index is 641. The molecule has 0 aliphatic heterocycles. The molecule has 0 unspecified atom stereocenters. The Morgan fingerprint density at radius 1 is 1.30 bits per heavy atom. The Hall–Kier alpha value is -1.46. The van der Waals surface area contributed by atoms with E-state index in [2.05, 4.69) is 9.38 Å². The Balaban J connectivity index is 2.15. The molecular formula is C14H16ClN3OS. The Kier molecular flexibility index (Phi) is 4.40. The van der Waals surface area contributed by atoms with E-state index in [-0.39, 0.29) is 4.75 Å². The van der Waals surface area contributed by atoms with Crippen LogP contribution in [0.1, 0.15) is 26.5 Å². The van der Waals surface area contributed by atoms with Crippen LogP contribution in [0.5, 0.6) is 0 Å². The van der Waals surface area contributed by atoms with Gasteiger partial charge in [-0.05, 0) is 45.0 Å². The van der Waals surface area contributed by atoms with Crippen molar-refractivity contribution in [3.8, 4) is 5.69 Å². The molecule has 0 saturated heterocycles. The SMILES string of the molecule is CC(C)(C)[S@@](=O)/N=C\c1cn(-c2ccc(Cl)cc2)cn1. The predicted octanol–water partition coefficient (Wildman–Crippen LogP) is 3.41. The molecule has 6 heteroatoms. The molecule has 1 aromatic carbocycles. The highest BCUT2D eigenvalue weighted by molar-refractivity contribution is 7.85. The summed E-state index contributed by atoms with van der Waals surface area (Å²) in [5.41, 5.74) is 1.62. The van der Waals surface area contributed by atoms with Gasteiger partial charge in [0.2, 0.25) is 0 Å². The average Bonchev–Trinajstić information content (AvgIpc) is 2.84. The number of hydrogen-bond acceptors (Lipinski definition) is 2. The van der Waals surface area contributed by atoms with Crippen LogP contribution in [0.3, 0.4) is 0 Å². The molecule has 4 nitrogen and oxygen atoms in total. The summed E-state index contributed by atoms with van der Waals surface area (Å²) in [6, 6.07) is 7.44. The second-order valence-corrected chi connectivity index (χ2v) is 7.65. The minimum absolute atomic E-state index is 0.366. The van der Waals surface area contributed by atoms with Gasteiger partial charge in [0, 0.05) is 16.9 Å². The smallest absolute Gasteiger partial charge is 0.144 e. The van der Waals surface area contributed by atoms with Crippen molar-refractivity contribution < 1.29 is 4.21 Å². The summed E-state index contributed by atoms with van der Waals surface area (Å²) in [7, 11) is -1.27. The van der Waals surface area contributed by atoms with Crippen LogP contribution in [0, 0.1) is 0 Å². The highest BCUT2D eigenvalue weighted by atomic mass is 35.5. The van der Waals surface area contributed by atoms with Gasteiger partial charge in [-0.3, -0.25) is 0 Å². The fourth-order valence-corrected chi connectivity index (χ4v) is 2.07. The zero-order valence-corrected chi connectivity index (χ0v) is 13.1.